The lowest BCUT2D eigenvalue weighted by molar-refractivity contribution is -0.136. The van der Waals surface area contributed by atoms with Crippen molar-refractivity contribution in [2.24, 2.45) is 5.41 Å². The van der Waals surface area contributed by atoms with Gasteiger partial charge in [0.25, 0.3) is 0 Å². The van der Waals surface area contributed by atoms with Crippen LogP contribution in [0.25, 0.3) is 21.8 Å². The molecule has 5 nitrogen and oxygen atoms in total. The minimum Gasteiger partial charge on any atom is -0.425 e. The van der Waals surface area contributed by atoms with Crippen LogP contribution in [-0.4, -0.2) is 30.9 Å². The number of para-hydroxylation sites is 1. The summed E-state index contributed by atoms with van der Waals surface area (Å²) in [6.07, 6.45) is 3.32. The van der Waals surface area contributed by atoms with E-state index in [1.165, 1.54) is 22.0 Å². The highest BCUT2D eigenvalue weighted by atomic mass is 32.2. The van der Waals surface area contributed by atoms with Gasteiger partial charge in [-0.15, -0.1) is 11.8 Å². The Morgan fingerprint density at radius 1 is 1.21 bits per heavy atom. The van der Waals surface area contributed by atoms with Gasteiger partial charge >= 0.3 is 5.97 Å². The second-order valence-corrected chi connectivity index (χ2v) is 10.9. The number of hydrogen-bond acceptors (Lipinski definition) is 5. The van der Waals surface area contributed by atoms with E-state index in [2.05, 4.69) is 0 Å². The Balaban J connectivity index is 2.36. The summed E-state index contributed by atoms with van der Waals surface area (Å²) in [5.41, 5.74) is 1.86. The number of benzene rings is 2. The Hall–Kier alpha value is -1.99. The van der Waals surface area contributed by atoms with Gasteiger partial charge in [-0.25, -0.2) is 12.4 Å². The number of nitrogens with zero attached hydrogens (tertiary/aromatic N) is 1. The van der Waals surface area contributed by atoms with Gasteiger partial charge in [-0.05, 0) is 36.3 Å². The van der Waals surface area contributed by atoms with E-state index in [0.29, 0.717) is 21.7 Å². The first-order valence-corrected chi connectivity index (χ1v) is 12.0. The van der Waals surface area contributed by atoms with E-state index in [1.54, 1.807) is 6.07 Å². The third-order valence-electron chi connectivity index (χ3n) is 4.45. The van der Waals surface area contributed by atoms with Crippen LogP contribution in [0.3, 0.4) is 0 Å². The lowest BCUT2D eigenvalue weighted by Crippen LogP contribution is -2.18. The summed E-state index contributed by atoms with van der Waals surface area (Å²) in [4.78, 5) is 13.1. The van der Waals surface area contributed by atoms with Gasteiger partial charge in [0.05, 0.1) is 28.6 Å². The van der Waals surface area contributed by atoms with Crippen molar-refractivity contribution in [2.45, 2.75) is 39.0 Å². The maximum atomic E-state index is 12.7. The molecule has 0 aliphatic heterocycles. The molecule has 0 fully saturated rings. The van der Waals surface area contributed by atoms with Gasteiger partial charge in [-0.3, -0.25) is 4.79 Å². The lowest BCUT2D eigenvalue weighted by Gasteiger charge is -2.18. The summed E-state index contributed by atoms with van der Waals surface area (Å²) in [7, 11) is -3.57. The molecule has 0 spiro atoms. The molecule has 0 radical (unpaired) electrons. The van der Waals surface area contributed by atoms with Crippen molar-refractivity contribution in [3.05, 3.63) is 35.9 Å². The molecule has 2 aromatic carbocycles. The second-order valence-electron chi connectivity index (χ2n) is 8.20. The standard InChI is InChI=1S/C21H25NO4S2/c1-13-11-16(26-17(23)12-21(2,3)4)20(27-5)19-18(13)14-9-7-8-10-15(14)22(19)28(6,24)25/h7-11H,12H2,1-6H3. The zero-order chi connectivity index (χ0) is 20.9. The van der Waals surface area contributed by atoms with Crippen molar-refractivity contribution in [1.29, 1.82) is 0 Å². The predicted molar refractivity (Wildman–Crippen MR) is 116 cm³/mol. The Morgan fingerprint density at radius 2 is 1.86 bits per heavy atom. The monoisotopic (exact) mass is 419 g/mol. The van der Waals surface area contributed by atoms with Crippen molar-refractivity contribution < 1.29 is 17.9 Å². The summed E-state index contributed by atoms with van der Waals surface area (Å²) < 4.78 is 32.4. The average molecular weight is 420 g/mol. The van der Waals surface area contributed by atoms with Gasteiger partial charge in [0.15, 0.2) is 0 Å². The second kappa shape index (κ2) is 7.12. The highest BCUT2D eigenvalue weighted by molar-refractivity contribution is 7.99. The average Bonchev–Trinajstić information content (AvgIpc) is 2.88. The van der Waals surface area contributed by atoms with Crippen LogP contribution in [0.5, 0.6) is 5.75 Å². The number of esters is 1. The van der Waals surface area contributed by atoms with E-state index in [1.807, 2.05) is 58.2 Å². The van der Waals surface area contributed by atoms with E-state index in [-0.39, 0.29) is 17.8 Å². The fourth-order valence-corrected chi connectivity index (χ4v) is 5.25. The maximum absolute atomic E-state index is 12.7. The molecule has 0 unspecified atom stereocenters. The van der Waals surface area contributed by atoms with E-state index < -0.39 is 10.0 Å². The van der Waals surface area contributed by atoms with Gasteiger partial charge in [-0.2, -0.15) is 0 Å². The third kappa shape index (κ3) is 3.78. The normalized spacial score (nSPS) is 12.6. The summed E-state index contributed by atoms with van der Waals surface area (Å²) in [5.74, 6) is 0.0722. The van der Waals surface area contributed by atoms with Crippen molar-refractivity contribution in [3.63, 3.8) is 0 Å². The number of carbonyl (C=O) groups excluding carboxylic acids is 1. The summed E-state index contributed by atoms with van der Waals surface area (Å²) in [5, 5.41) is 1.73. The first-order valence-electron chi connectivity index (χ1n) is 8.96. The molecule has 150 valence electrons. The van der Waals surface area contributed by atoms with Gasteiger partial charge < -0.3 is 4.74 Å². The van der Waals surface area contributed by atoms with E-state index >= 15 is 0 Å². The first-order chi connectivity index (χ1) is 12.9. The van der Waals surface area contributed by atoms with E-state index in [9.17, 15) is 13.2 Å². The van der Waals surface area contributed by atoms with Gasteiger partial charge in [0, 0.05) is 10.8 Å². The molecule has 0 saturated heterocycles. The number of thioether (sulfide) groups is 1. The van der Waals surface area contributed by atoms with E-state index in [0.717, 1.165) is 16.3 Å². The highest BCUT2D eigenvalue weighted by Gasteiger charge is 2.25. The third-order valence-corrected chi connectivity index (χ3v) is 6.29. The predicted octanol–water partition coefficient (Wildman–Crippen LogP) is 4.97. The fraction of sp³-hybridized carbons (Fsp3) is 0.381. The summed E-state index contributed by atoms with van der Waals surface area (Å²) in [6.45, 7) is 7.83. The van der Waals surface area contributed by atoms with Crippen LogP contribution in [0.4, 0.5) is 0 Å². The van der Waals surface area contributed by atoms with E-state index in [4.69, 9.17) is 4.74 Å². The zero-order valence-corrected chi connectivity index (χ0v) is 18.6. The number of aromatic nitrogens is 1. The molecular formula is C21H25NO4S2. The number of ether oxygens (including phenoxy) is 1. The molecule has 0 aliphatic rings. The minimum absolute atomic E-state index is 0.197. The molecule has 0 N–H and O–H groups in total. The molecule has 3 rings (SSSR count). The van der Waals surface area contributed by atoms with Gasteiger partial charge in [-0.1, -0.05) is 39.0 Å². The van der Waals surface area contributed by atoms with Crippen molar-refractivity contribution in [3.8, 4) is 5.75 Å². The Kier molecular flexibility index (Phi) is 5.27. The molecule has 1 aromatic heterocycles. The molecule has 0 atom stereocenters. The summed E-state index contributed by atoms with van der Waals surface area (Å²) in [6, 6.07) is 9.26. The smallest absolute Gasteiger partial charge is 0.311 e. The van der Waals surface area contributed by atoms with Crippen LogP contribution >= 0.6 is 11.8 Å². The Labute approximate surface area is 170 Å². The molecule has 28 heavy (non-hydrogen) atoms. The van der Waals surface area contributed by atoms with Crippen LogP contribution in [0, 0.1) is 12.3 Å². The summed E-state index contributed by atoms with van der Waals surface area (Å²) >= 11 is 1.38. The van der Waals surface area contributed by atoms with Crippen molar-refractivity contribution >= 4 is 49.6 Å². The number of aryl methyl sites for hydroxylation is 1. The molecule has 0 amide bonds. The molecule has 7 heteroatoms. The number of fused-ring (bicyclic) bond motifs is 3. The quantitative estimate of drug-likeness (QED) is 0.339. The Bertz CT molecular complexity index is 1180. The maximum Gasteiger partial charge on any atom is 0.311 e. The van der Waals surface area contributed by atoms with Crippen molar-refractivity contribution in [2.75, 3.05) is 12.5 Å². The van der Waals surface area contributed by atoms with Crippen LogP contribution in [-0.2, 0) is 14.8 Å². The van der Waals surface area contributed by atoms with Crippen LogP contribution < -0.4 is 4.74 Å². The molecule has 3 aromatic rings. The highest BCUT2D eigenvalue weighted by Crippen LogP contribution is 2.43. The number of rotatable bonds is 4. The molecule has 0 aliphatic carbocycles. The SMILES string of the molecule is CSc1c(OC(=O)CC(C)(C)C)cc(C)c2c3ccccc3n(S(C)(=O)=O)c12. The Morgan fingerprint density at radius 3 is 2.43 bits per heavy atom. The van der Waals surface area contributed by atoms with Crippen LogP contribution in [0.2, 0.25) is 0 Å². The van der Waals surface area contributed by atoms with Crippen LogP contribution in [0.1, 0.15) is 32.8 Å². The largest absolute Gasteiger partial charge is 0.425 e. The zero-order valence-electron chi connectivity index (χ0n) is 17.0. The minimum atomic E-state index is -3.57. The molecule has 1 heterocycles. The van der Waals surface area contributed by atoms with Crippen LogP contribution in [0.15, 0.2) is 35.2 Å². The molecule has 0 saturated carbocycles. The first kappa shape index (κ1) is 20.7. The lowest BCUT2D eigenvalue weighted by atomic mass is 9.92. The molecule has 0 bridgehead atoms. The van der Waals surface area contributed by atoms with Crippen molar-refractivity contribution in [1.82, 2.24) is 3.97 Å². The fourth-order valence-electron chi connectivity index (χ4n) is 3.48. The van der Waals surface area contributed by atoms with Gasteiger partial charge in [0.1, 0.15) is 5.75 Å². The number of carbonyl (C=O) groups is 1. The van der Waals surface area contributed by atoms with Gasteiger partial charge in [0.2, 0.25) is 10.0 Å². The topological polar surface area (TPSA) is 65.4 Å². The molecular weight excluding hydrogens is 394 g/mol. The number of hydrogen-bond donors (Lipinski definition) is 0.